The normalized spacial score (nSPS) is 42.4. The minimum absolute atomic E-state index is 0.128. The molecule has 1 unspecified atom stereocenters. The van der Waals surface area contributed by atoms with E-state index in [4.69, 9.17) is 9.47 Å². The van der Waals surface area contributed by atoms with E-state index < -0.39 is 10.8 Å². The third kappa shape index (κ3) is 1.49. The molecule has 0 radical (unpaired) electrons. The quantitative estimate of drug-likeness (QED) is 0.624. The average Bonchev–Trinajstić information content (AvgIpc) is 3.34. The lowest BCUT2D eigenvalue weighted by Crippen LogP contribution is -2.72. The summed E-state index contributed by atoms with van der Waals surface area (Å²) in [4.78, 5) is 29.8. The van der Waals surface area contributed by atoms with Crippen molar-refractivity contribution in [3.63, 3.8) is 0 Å². The van der Waals surface area contributed by atoms with Crippen molar-refractivity contribution in [1.82, 2.24) is 4.90 Å². The molecular formula is C22H26N2O4. The Morgan fingerprint density at radius 3 is 2.82 bits per heavy atom. The van der Waals surface area contributed by atoms with Crippen LogP contribution in [0.25, 0.3) is 0 Å². The van der Waals surface area contributed by atoms with Crippen LogP contribution in [0, 0.1) is 10.8 Å². The number of Topliss-reactive ketones (excluding diaryl/α,β-unsaturated/α-hetero) is 1. The van der Waals surface area contributed by atoms with Gasteiger partial charge >= 0.3 is 5.97 Å². The van der Waals surface area contributed by atoms with Gasteiger partial charge < -0.3 is 14.8 Å². The summed E-state index contributed by atoms with van der Waals surface area (Å²) < 4.78 is 10.9. The third-order valence-corrected chi connectivity index (χ3v) is 8.67. The number of carbonyl (C=O) groups is 2. The highest BCUT2D eigenvalue weighted by Crippen LogP contribution is 2.72. The molecule has 2 saturated heterocycles. The molecule has 2 aliphatic carbocycles. The van der Waals surface area contributed by atoms with Gasteiger partial charge in [-0.2, -0.15) is 0 Å². The summed E-state index contributed by atoms with van der Waals surface area (Å²) in [6.07, 6.45) is 4.25. The van der Waals surface area contributed by atoms with Gasteiger partial charge in [-0.05, 0) is 56.8 Å². The maximum Gasteiger partial charge on any atom is 0.321 e. The first kappa shape index (κ1) is 16.8. The van der Waals surface area contributed by atoms with Gasteiger partial charge in [0, 0.05) is 16.9 Å². The van der Waals surface area contributed by atoms with Gasteiger partial charge in [0.2, 0.25) is 0 Å². The molecule has 28 heavy (non-hydrogen) atoms. The predicted molar refractivity (Wildman–Crippen MR) is 102 cm³/mol. The second kappa shape index (κ2) is 5.09. The van der Waals surface area contributed by atoms with Crippen LogP contribution in [0.2, 0.25) is 0 Å². The maximum atomic E-state index is 14.0. The number of benzene rings is 1. The van der Waals surface area contributed by atoms with Crippen LogP contribution in [-0.2, 0) is 19.7 Å². The molecule has 6 heteroatoms. The number of rotatable bonds is 2. The first-order valence-corrected chi connectivity index (χ1v) is 10.4. The van der Waals surface area contributed by atoms with Gasteiger partial charge in [0.15, 0.2) is 5.78 Å². The van der Waals surface area contributed by atoms with Crippen molar-refractivity contribution in [2.24, 2.45) is 10.8 Å². The molecule has 6 nitrogen and oxygen atoms in total. The number of nitrogens with zero attached hydrogens (tertiary/aromatic N) is 1. The Bertz CT molecular complexity index is 916. The summed E-state index contributed by atoms with van der Waals surface area (Å²) in [5.74, 6) is 0.553. The van der Waals surface area contributed by atoms with Crippen molar-refractivity contribution >= 4 is 17.4 Å². The molecule has 1 N–H and O–H groups in total. The number of esters is 1. The van der Waals surface area contributed by atoms with Crippen molar-refractivity contribution in [1.29, 1.82) is 0 Å². The Hall–Kier alpha value is -2.08. The topological polar surface area (TPSA) is 67.9 Å². The van der Waals surface area contributed by atoms with Gasteiger partial charge in [-0.25, -0.2) is 0 Å². The number of piperidine rings is 1. The van der Waals surface area contributed by atoms with E-state index in [9.17, 15) is 9.59 Å². The lowest BCUT2D eigenvalue weighted by molar-refractivity contribution is -0.168. The molecule has 3 heterocycles. The molecular weight excluding hydrogens is 356 g/mol. The van der Waals surface area contributed by atoms with Crippen molar-refractivity contribution in [3.05, 3.63) is 23.8 Å². The summed E-state index contributed by atoms with van der Waals surface area (Å²) in [7, 11) is 3.09. The van der Waals surface area contributed by atoms with E-state index in [2.05, 4.69) is 16.3 Å². The second-order valence-electron chi connectivity index (χ2n) is 9.24. The number of anilines is 1. The Labute approximate surface area is 164 Å². The number of ketones is 1. The molecule has 0 amide bonds. The molecule has 5 atom stereocenters. The summed E-state index contributed by atoms with van der Waals surface area (Å²) >= 11 is 0. The van der Waals surface area contributed by atoms with Gasteiger partial charge in [-0.3, -0.25) is 14.5 Å². The number of hydrogen-bond donors (Lipinski definition) is 1. The highest BCUT2D eigenvalue weighted by Gasteiger charge is 2.81. The fourth-order valence-electron chi connectivity index (χ4n) is 7.91. The number of hydrogen-bond acceptors (Lipinski definition) is 6. The second-order valence-corrected chi connectivity index (χ2v) is 9.24. The largest absolute Gasteiger partial charge is 0.495 e. The molecule has 1 aromatic rings. The van der Waals surface area contributed by atoms with Crippen LogP contribution in [0.3, 0.4) is 0 Å². The van der Waals surface area contributed by atoms with Crippen LogP contribution in [0.5, 0.6) is 5.75 Å². The van der Waals surface area contributed by atoms with Crippen molar-refractivity contribution in [2.75, 3.05) is 32.6 Å². The van der Waals surface area contributed by atoms with E-state index in [1.54, 1.807) is 7.11 Å². The van der Waals surface area contributed by atoms with E-state index in [1.165, 1.54) is 12.7 Å². The van der Waals surface area contributed by atoms with Crippen LogP contribution in [-0.4, -0.2) is 56.0 Å². The average molecular weight is 382 g/mol. The van der Waals surface area contributed by atoms with E-state index in [-0.39, 0.29) is 29.3 Å². The number of methoxy groups -OCH3 is 2. The van der Waals surface area contributed by atoms with Crippen molar-refractivity contribution in [3.8, 4) is 5.75 Å². The van der Waals surface area contributed by atoms with Gasteiger partial charge in [-0.1, -0.05) is 12.1 Å². The van der Waals surface area contributed by atoms with Gasteiger partial charge in [0.1, 0.15) is 11.2 Å². The Kier molecular flexibility index (Phi) is 3.06. The first-order chi connectivity index (χ1) is 13.6. The van der Waals surface area contributed by atoms with Gasteiger partial charge in [0.05, 0.1) is 25.9 Å². The third-order valence-electron chi connectivity index (χ3n) is 8.67. The highest BCUT2D eigenvalue weighted by molar-refractivity contribution is 6.12. The van der Waals surface area contributed by atoms with E-state index >= 15 is 0 Å². The maximum absolute atomic E-state index is 14.0. The molecule has 5 aliphatic rings. The highest BCUT2D eigenvalue weighted by atomic mass is 16.5. The molecule has 0 aromatic heterocycles. The number of nitrogens with one attached hydrogen (secondary N) is 1. The standard InChI is InChI=1S/C22H26N2O4/c1-27-14-6-3-5-13-15(14)23-16-21(13)10-12-24-11-4-7-20(17(21)24)8-9-22(16,18(20)25)19(26)28-2/h3,5-6,16-17,23H,4,7-12H2,1-2H3/t16?,17-,20-,21-,22-/m0/s1. The lowest BCUT2D eigenvalue weighted by atomic mass is 9.49. The smallest absolute Gasteiger partial charge is 0.321 e. The molecule has 2 saturated carbocycles. The minimum Gasteiger partial charge on any atom is -0.495 e. The molecule has 3 aliphatic heterocycles. The van der Waals surface area contributed by atoms with Crippen LogP contribution in [0.4, 0.5) is 5.69 Å². The number of fused-ring (bicyclic) bond motifs is 3. The van der Waals surface area contributed by atoms with Crippen molar-refractivity contribution in [2.45, 2.75) is 49.6 Å². The van der Waals surface area contributed by atoms with Gasteiger partial charge in [-0.15, -0.1) is 0 Å². The minimum atomic E-state index is -1.09. The number of carbonyl (C=O) groups excluding carboxylic acids is 2. The van der Waals surface area contributed by atoms with Crippen LogP contribution in [0.15, 0.2) is 18.2 Å². The Balaban J connectivity index is 1.67. The SMILES string of the molecule is COC(=O)[C@@]12CC[C@]3(CCCN4CC[C@@]5(c6cccc(OC)c6NC15)[C@@H]43)C2=O. The molecule has 6 rings (SSSR count). The van der Waals surface area contributed by atoms with E-state index in [0.717, 1.165) is 50.2 Å². The molecule has 2 spiro atoms. The summed E-state index contributed by atoms with van der Waals surface area (Å²) in [5, 5.41) is 3.64. The van der Waals surface area contributed by atoms with Crippen LogP contribution >= 0.6 is 0 Å². The molecule has 4 fully saturated rings. The summed E-state index contributed by atoms with van der Waals surface area (Å²) in [6.45, 7) is 2.02. The summed E-state index contributed by atoms with van der Waals surface area (Å²) in [6, 6.07) is 6.06. The lowest BCUT2D eigenvalue weighted by Gasteiger charge is -2.57. The van der Waals surface area contributed by atoms with Gasteiger partial charge in [0.25, 0.3) is 0 Å². The predicted octanol–water partition coefficient (Wildman–Crippen LogP) is 2.12. The zero-order valence-electron chi connectivity index (χ0n) is 16.4. The van der Waals surface area contributed by atoms with Crippen LogP contribution in [0.1, 0.15) is 37.7 Å². The number of ether oxygens (including phenoxy) is 2. The zero-order chi connectivity index (χ0) is 19.3. The zero-order valence-corrected chi connectivity index (χ0v) is 16.4. The van der Waals surface area contributed by atoms with Crippen molar-refractivity contribution < 1.29 is 19.1 Å². The Morgan fingerprint density at radius 1 is 1.18 bits per heavy atom. The molecule has 2 bridgehead atoms. The summed E-state index contributed by atoms with van der Waals surface area (Å²) in [5.41, 5.74) is 0.414. The number of para-hydroxylation sites is 1. The monoisotopic (exact) mass is 382 g/mol. The van der Waals surface area contributed by atoms with E-state index in [0.29, 0.717) is 6.42 Å². The van der Waals surface area contributed by atoms with E-state index in [1.807, 2.05) is 12.1 Å². The first-order valence-electron chi connectivity index (χ1n) is 10.4. The Morgan fingerprint density at radius 2 is 2.04 bits per heavy atom. The van der Waals surface area contributed by atoms with Crippen LogP contribution < -0.4 is 10.1 Å². The molecule has 148 valence electrons. The fourth-order valence-corrected chi connectivity index (χ4v) is 7.91. The fraction of sp³-hybridized carbons (Fsp3) is 0.636. The molecule has 1 aromatic carbocycles.